The van der Waals surface area contributed by atoms with Crippen LogP contribution < -0.4 is 5.56 Å². The van der Waals surface area contributed by atoms with Crippen LogP contribution in [0.3, 0.4) is 0 Å². The van der Waals surface area contributed by atoms with Crippen LogP contribution in [0, 0.1) is 20.8 Å². The number of esters is 1. The molecule has 1 unspecified atom stereocenters. The summed E-state index contributed by atoms with van der Waals surface area (Å²) in [6, 6.07) is 11.1. The third kappa shape index (κ3) is 2.19. The van der Waals surface area contributed by atoms with Gasteiger partial charge < -0.3 is 9.72 Å². The lowest BCUT2D eigenvalue weighted by atomic mass is 10.00. The number of nitrogens with zero attached hydrogens (tertiary/aromatic N) is 2. The molecule has 2 N–H and O–H groups in total. The van der Waals surface area contributed by atoms with E-state index in [4.69, 9.17) is 4.74 Å². The molecule has 3 heterocycles. The lowest BCUT2D eigenvalue weighted by Crippen LogP contribution is -2.21. The van der Waals surface area contributed by atoms with Crippen LogP contribution in [0.4, 0.5) is 0 Å². The minimum absolute atomic E-state index is 0.291. The summed E-state index contributed by atoms with van der Waals surface area (Å²) in [5.41, 5.74) is 5.83. The number of aryl methyl sites for hydroxylation is 3. The highest BCUT2D eigenvalue weighted by Gasteiger charge is 2.36. The minimum Gasteiger partial charge on any atom is -0.449 e. The highest BCUT2D eigenvalue weighted by Crippen LogP contribution is 2.35. The number of imidazole rings is 1. The fourth-order valence-corrected chi connectivity index (χ4v) is 3.78. The van der Waals surface area contributed by atoms with Crippen LogP contribution in [-0.2, 0) is 4.74 Å². The van der Waals surface area contributed by atoms with Gasteiger partial charge in [0, 0.05) is 11.3 Å². The van der Waals surface area contributed by atoms with Crippen LogP contribution in [0.2, 0.25) is 0 Å². The summed E-state index contributed by atoms with van der Waals surface area (Å²) in [6.45, 7) is 5.82. The second kappa shape index (κ2) is 5.69. The number of nitrogens with one attached hydrogen (secondary N) is 2. The van der Waals surface area contributed by atoms with Gasteiger partial charge in [-0.2, -0.15) is 4.68 Å². The molecule has 4 aromatic rings. The SMILES string of the molecule is Cc1ccc2[nH]c(-n3[nH]c(C)c(C4OC(=O)c5ccccc54)c3=O)nc2c1C. The molecule has 1 atom stereocenters. The Morgan fingerprint density at radius 1 is 1.07 bits per heavy atom. The van der Waals surface area contributed by atoms with Gasteiger partial charge in [0.2, 0.25) is 5.95 Å². The number of fused-ring (bicyclic) bond motifs is 2. The van der Waals surface area contributed by atoms with E-state index in [9.17, 15) is 9.59 Å². The van der Waals surface area contributed by atoms with Gasteiger partial charge >= 0.3 is 5.97 Å². The Balaban J connectivity index is 1.67. The van der Waals surface area contributed by atoms with E-state index in [0.717, 1.165) is 22.2 Å². The van der Waals surface area contributed by atoms with E-state index in [1.165, 1.54) is 4.68 Å². The molecule has 7 heteroatoms. The molecular weight excluding hydrogens is 356 g/mol. The summed E-state index contributed by atoms with van der Waals surface area (Å²) in [5.74, 6) is -0.0114. The predicted octanol–water partition coefficient (Wildman–Crippen LogP) is 3.23. The van der Waals surface area contributed by atoms with E-state index in [1.54, 1.807) is 19.1 Å². The highest BCUT2D eigenvalue weighted by molar-refractivity contribution is 5.94. The van der Waals surface area contributed by atoms with Crippen LogP contribution in [-0.4, -0.2) is 25.7 Å². The number of carbonyl (C=O) groups excluding carboxylic acids is 1. The van der Waals surface area contributed by atoms with Gasteiger partial charge in [0.25, 0.3) is 5.56 Å². The predicted molar refractivity (Wildman–Crippen MR) is 104 cm³/mol. The van der Waals surface area contributed by atoms with Crippen molar-refractivity contribution in [3.05, 3.63) is 80.3 Å². The van der Waals surface area contributed by atoms with Crippen molar-refractivity contribution >= 4 is 17.0 Å². The molecule has 7 nitrogen and oxygen atoms in total. The van der Waals surface area contributed by atoms with Crippen molar-refractivity contribution in [2.45, 2.75) is 26.9 Å². The lowest BCUT2D eigenvalue weighted by Gasteiger charge is -2.08. The average Bonchev–Trinajstić information content (AvgIpc) is 3.33. The molecule has 0 amide bonds. The Kier molecular flexibility index (Phi) is 3.37. The maximum absolute atomic E-state index is 13.2. The zero-order valence-electron chi connectivity index (χ0n) is 15.7. The van der Waals surface area contributed by atoms with E-state index >= 15 is 0 Å². The normalized spacial score (nSPS) is 15.8. The number of cyclic esters (lactones) is 1. The summed E-state index contributed by atoms with van der Waals surface area (Å²) in [5, 5.41) is 3.07. The molecule has 2 aromatic carbocycles. The Bertz CT molecular complexity index is 1330. The molecule has 0 saturated heterocycles. The first-order chi connectivity index (χ1) is 13.5. The first kappa shape index (κ1) is 16.6. The van der Waals surface area contributed by atoms with Crippen molar-refractivity contribution in [3.63, 3.8) is 0 Å². The summed E-state index contributed by atoms with van der Waals surface area (Å²) < 4.78 is 6.89. The second-order valence-corrected chi connectivity index (χ2v) is 7.13. The van der Waals surface area contributed by atoms with Gasteiger partial charge in [-0.3, -0.25) is 9.89 Å². The van der Waals surface area contributed by atoms with Gasteiger partial charge in [-0.15, -0.1) is 0 Å². The summed E-state index contributed by atoms with van der Waals surface area (Å²) in [4.78, 5) is 33.2. The first-order valence-electron chi connectivity index (χ1n) is 9.03. The molecule has 28 heavy (non-hydrogen) atoms. The van der Waals surface area contributed by atoms with Crippen LogP contribution in [0.25, 0.3) is 17.0 Å². The van der Waals surface area contributed by atoms with Crippen LogP contribution in [0.15, 0.2) is 41.2 Å². The maximum atomic E-state index is 13.2. The molecule has 1 aliphatic rings. The molecule has 0 spiro atoms. The minimum atomic E-state index is -0.720. The average molecular weight is 374 g/mol. The number of H-pyrrole nitrogens is 2. The van der Waals surface area contributed by atoms with E-state index in [0.29, 0.717) is 28.3 Å². The molecule has 0 bridgehead atoms. The summed E-state index contributed by atoms with van der Waals surface area (Å²) in [7, 11) is 0. The van der Waals surface area contributed by atoms with E-state index in [-0.39, 0.29) is 5.56 Å². The number of hydrogen-bond donors (Lipinski definition) is 2. The van der Waals surface area contributed by atoms with Gasteiger partial charge in [-0.1, -0.05) is 24.3 Å². The van der Waals surface area contributed by atoms with Crippen LogP contribution >= 0.6 is 0 Å². The van der Waals surface area contributed by atoms with Crippen molar-refractivity contribution in [2.75, 3.05) is 0 Å². The molecule has 0 saturated carbocycles. The number of aromatic amines is 2. The Hall–Kier alpha value is -3.61. The fraction of sp³-hybridized carbons (Fsp3) is 0.190. The zero-order valence-corrected chi connectivity index (χ0v) is 15.7. The number of carbonyl (C=O) groups is 1. The third-order valence-electron chi connectivity index (χ3n) is 5.45. The Labute approximate surface area is 160 Å². The van der Waals surface area contributed by atoms with Crippen molar-refractivity contribution in [1.29, 1.82) is 0 Å². The maximum Gasteiger partial charge on any atom is 0.339 e. The van der Waals surface area contributed by atoms with Crippen LogP contribution in [0.1, 0.15) is 44.4 Å². The standard InChI is InChI=1S/C21H18N4O3/c1-10-8-9-15-17(11(10)2)23-21(22-15)25-19(26)16(12(3)24-25)18-13-6-4-5-7-14(13)20(27)28-18/h4-9,18,24H,1-3H3,(H,22,23). The number of ether oxygens (including phenoxy) is 1. The number of hydrogen-bond acceptors (Lipinski definition) is 4. The van der Waals surface area contributed by atoms with Gasteiger partial charge in [-0.05, 0) is 44.0 Å². The second-order valence-electron chi connectivity index (χ2n) is 7.13. The molecule has 0 aliphatic carbocycles. The smallest absolute Gasteiger partial charge is 0.339 e. The molecule has 0 fully saturated rings. The van der Waals surface area contributed by atoms with Gasteiger partial charge in [0.1, 0.15) is 0 Å². The Morgan fingerprint density at radius 2 is 1.86 bits per heavy atom. The van der Waals surface area contributed by atoms with E-state index in [1.807, 2.05) is 38.1 Å². The molecule has 5 rings (SSSR count). The number of aromatic nitrogens is 4. The highest BCUT2D eigenvalue weighted by atomic mass is 16.5. The zero-order chi connectivity index (χ0) is 19.6. The summed E-state index contributed by atoms with van der Waals surface area (Å²) in [6.07, 6.45) is -0.720. The number of rotatable bonds is 2. The molecule has 140 valence electrons. The lowest BCUT2D eigenvalue weighted by molar-refractivity contribution is 0.0453. The van der Waals surface area contributed by atoms with Gasteiger partial charge in [-0.25, -0.2) is 9.78 Å². The van der Waals surface area contributed by atoms with Gasteiger partial charge in [0.15, 0.2) is 6.10 Å². The third-order valence-corrected chi connectivity index (χ3v) is 5.45. The topological polar surface area (TPSA) is 92.8 Å². The Morgan fingerprint density at radius 3 is 2.68 bits per heavy atom. The molecule has 0 radical (unpaired) electrons. The molecule has 2 aromatic heterocycles. The van der Waals surface area contributed by atoms with E-state index in [2.05, 4.69) is 15.1 Å². The largest absolute Gasteiger partial charge is 0.449 e. The summed E-state index contributed by atoms with van der Waals surface area (Å²) >= 11 is 0. The fourth-order valence-electron chi connectivity index (χ4n) is 3.78. The van der Waals surface area contributed by atoms with E-state index < -0.39 is 12.1 Å². The van der Waals surface area contributed by atoms with Crippen molar-refractivity contribution in [1.82, 2.24) is 19.7 Å². The molecule has 1 aliphatic heterocycles. The van der Waals surface area contributed by atoms with Gasteiger partial charge in [0.05, 0.1) is 22.2 Å². The molecular formula is C21H18N4O3. The monoisotopic (exact) mass is 374 g/mol. The van der Waals surface area contributed by atoms with Crippen molar-refractivity contribution < 1.29 is 9.53 Å². The first-order valence-corrected chi connectivity index (χ1v) is 9.03. The van der Waals surface area contributed by atoms with Crippen LogP contribution in [0.5, 0.6) is 0 Å². The number of benzene rings is 2. The van der Waals surface area contributed by atoms with Crippen molar-refractivity contribution in [3.8, 4) is 5.95 Å². The van der Waals surface area contributed by atoms with Crippen molar-refractivity contribution in [2.24, 2.45) is 0 Å². The quantitative estimate of drug-likeness (QED) is 0.527.